The Hall–Kier alpha value is -4.93. The highest BCUT2D eigenvalue weighted by molar-refractivity contribution is 7.99. The Balaban J connectivity index is 0.927. The number of benzene rings is 2. The van der Waals surface area contributed by atoms with E-state index >= 15 is 0 Å². The predicted molar refractivity (Wildman–Crippen MR) is 236 cm³/mol. The third-order valence-electron chi connectivity index (χ3n) is 12.0. The van der Waals surface area contributed by atoms with Crippen molar-refractivity contribution in [3.8, 4) is 22.8 Å². The summed E-state index contributed by atoms with van der Waals surface area (Å²) >= 11 is 2.00. The molecule has 1 aliphatic carbocycles. The van der Waals surface area contributed by atoms with Gasteiger partial charge in [0.15, 0.2) is 5.65 Å². The van der Waals surface area contributed by atoms with E-state index < -0.39 is 11.7 Å². The molecule has 5 aromatic rings. The first-order valence-electron chi connectivity index (χ1n) is 21.5. The molecule has 15 heteroatoms. The first-order valence-corrected chi connectivity index (χ1v) is 22.7. The zero-order valence-corrected chi connectivity index (χ0v) is 35.9. The molecule has 2 aliphatic heterocycles. The summed E-state index contributed by atoms with van der Waals surface area (Å²) in [7, 11) is 0. The molecule has 2 amide bonds. The standard InChI is InChI=1S/C46H56FN9O4S/c1-31-23-32(2)56-43(50-31)42(28-49-56)45(59)52-38-10-8-37(9-11-38)51-44(58)41-26-36(47)27-48-46(41)60-39-6-3-5-34(25-39)40-12-7-33(24-35(40)30-55-18-21-61-22-19-55)29-54-14-4-13-53(15-16-54)17-20-57/h3,5-7,12,23-28,37-38,57H,4,8-11,13-22,29-30H2,1-2H3,(H,51,58)(H,52,59)/t37-,38+. The van der Waals surface area contributed by atoms with Crippen molar-refractivity contribution in [2.45, 2.75) is 71.1 Å². The Morgan fingerprint density at radius 3 is 2.33 bits per heavy atom. The fourth-order valence-corrected chi connectivity index (χ4v) is 9.79. The number of aromatic nitrogens is 4. The van der Waals surface area contributed by atoms with Crippen LogP contribution in [0.25, 0.3) is 16.8 Å². The number of halogens is 1. The number of aryl methyl sites for hydroxylation is 2. The van der Waals surface area contributed by atoms with Crippen LogP contribution in [0.15, 0.2) is 67.0 Å². The van der Waals surface area contributed by atoms with Crippen LogP contribution in [0.3, 0.4) is 0 Å². The second-order valence-electron chi connectivity index (χ2n) is 16.5. The molecule has 2 aromatic carbocycles. The number of aliphatic hydroxyl groups excluding tert-OH is 1. The maximum Gasteiger partial charge on any atom is 0.257 e. The van der Waals surface area contributed by atoms with Crippen LogP contribution in [0.5, 0.6) is 11.6 Å². The average molecular weight is 850 g/mol. The minimum Gasteiger partial charge on any atom is -0.438 e. The molecule has 0 unspecified atom stereocenters. The summed E-state index contributed by atoms with van der Waals surface area (Å²) in [5, 5.41) is 20.0. The third kappa shape index (κ3) is 10.8. The van der Waals surface area contributed by atoms with Gasteiger partial charge in [-0.3, -0.25) is 24.3 Å². The van der Waals surface area contributed by atoms with Crippen LogP contribution < -0.4 is 15.4 Å². The van der Waals surface area contributed by atoms with Crippen LogP contribution in [0.2, 0.25) is 0 Å². The smallest absolute Gasteiger partial charge is 0.257 e. The number of hydrogen-bond donors (Lipinski definition) is 3. The van der Waals surface area contributed by atoms with E-state index in [1.807, 2.05) is 49.9 Å². The number of aliphatic hydroxyl groups is 1. The van der Waals surface area contributed by atoms with Crippen LogP contribution in [0.4, 0.5) is 4.39 Å². The number of hydrogen-bond acceptors (Lipinski definition) is 11. The van der Waals surface area contributed by atoms with Gasteiger partial charge in [-0.15, -0.1) is 0 Å². The quantitative estimate of drug-likeness (QED) is 0.131. The van der Waals surface area contributed by atoms with Gasteiger partial charge >= 0.3 is 0 Å². The fourth-order valence-electron chi connectivity index (χ4n) is 8.81. The van der Waals surface area contributed by atoms with E-state index in [9.17, 15) is 19.1 Å². The van der Waals surface area contributed by atoms with Crippen LogP contribution in [-0.2, 0) is 13.1 Å². The van der Waals surface area contributed by atoms with Gasteiger partial charge in [0, 0.05) is 80.8 Å². The maximum absolute atomic E-state index is 14.7. The first-order chi connectivity index (χ1) is 29.7. The van der Waals surface area contributed by atoms with Crippen molar-refractivity contribution in [2.75, 3.05) is 63.9 Å². The minimum absolute atomic E-state index is 0.0213. The number of fused-ring (bicyclic) bond motifs is 1. The molecule has 8 rings (SSSR count). The van der Waals surface area contributed by atoms with E-state index in [4.69, 9.17) is 4.74 Å². The lowest BCUT2D eigenvalue weighted by atomic mass is 9.91. The summed E-state index contributed by atoms with van der Waals surface area (Å²) in [6.45, 7) is 12.5. The van der Waals surface area contributed by atoms with Gasteiger partial charge in [-0.05, 0) is 106 Å². The molecular formula is C46H56FN9O4S. The van der Waals surface area contributed by atoms with E-state index in [1.165, 1.54) is 17.2 Å². The van der Waals surface area contributed by atoms with Crippen molar-refractivity contribution in [1.82, 2.24) is 44.9 Å². The van der Waals surface area contributed by atoms with Gasteiger partial charge in [-0.25, -0.2) is 18.9 Å². The molecule has 3 N–H and O–H groups in total. The van der Waals surface area contributed by atoms with Gasteiger partial charge < -0.3 is 20.5 Å². The highest BCUT2D eigenvalue weighted by Crippen LogP contribution is 2.33. The second kappa shape index (κ2) is 19.8. The minimum atomic E-state index is -0.631. The van der Waals surface area contributed by atoms with Crippen LogP contribution in [0, 0.1) is 19.7 Å². The summed E-state index contributed by atoms with van der Waals surface area (Å²) in [4.78, 5) is 43.1. The Labute approximate surface area is 361 Å². The van der Waals surface area contributed by atoms with Crippen LogP contribution in [0.1, 0.15) is 75.3 Å². The van der Waals surface area contributed by atoms with E-state index in [-0.39, 0.29) is 36.0 Å². The largest absolute Gasteiger partial charge is 0.438 e. The number of ether oxygens (including phenoxy) is 1. The highest BCUT2D eigenvalue weighted by Gasteiger charge is 2.27. The van der Waals surface area contributed by atoms with Crippen molar-refractivity contribution in [3.05, 3.63) is 106 Å². The lowest BCUT2D eigenvalue weighted by Gasteiger charge is -2.29. The second-order valence-corrected chi connectivity index (χ2v) is 17.8. The summed E-state index contributed by atoms with van der Waals surface area (Å²) in [5.41, 5.74) is 7.34. The predicted octanol–water partition coefficient (Wildman–Crippen LogP) is 5.86. The number of pyridine rings is 1. The normalized spacial score (nSPS) is 19.4. The molecule has 13 nitrogen and oxygen atoms in total. The average Bonchev–Trinajstić information content (AvgIpc) is 3.57. The SMILES string of the molecule is Cc1cc(C)n2ncc(C(=O)N[C@H]3CC[C@@H](NC(=O)c4cc(F)cnc4Oc4cccc(-c5ccc(CN6CCCN(CCO)CC6)cc5CN5CCSCC5)c4)CC3)c2n1. The van der Waals surface area contributed by atoms with Crippen molar-refractivity contribution < 1.29 is 23.8 Å². The van der Waals surface area contributed by atoms with Crippen LogP contribution in [-0.4, -0.2) is 127 Å². The van der Waals surface area contributed by atoms with Gasteiger partial charge in [-0.2, -0.15) is 16.9 Å². The first kappa shape index (κ1) is 42.7. The van der Waals surface area contributed by atoms with E-state index in [2.05, 4.69) is 64.7 Å². The lowest BCUT2D eigenvalue weighted by Crippen LogP contribution is -2.44. The number of nitrogens with zero attached hydrogens (tertiary/aromatic N) is 7. The van der Waals surface area contributed by atoms with Gasteiger partial charge in [0.2, 0.25) is 5.88 Å². The molecule has 1 saturated carbocycles. The number of thioether (sulfide) groups is 1. The van der Waals surface area contributed by atoms with E-state index in [0.717, 1.165) is 106 Å². The van der Waals surface area contributed by atoms with Crippen molar-refractivity contribution in [1.29, 1.82) is 0 Å². The summed E-state index contributed by atoms with van der Waals surface area (Å²) in [6.07, 6.45) is 6.32. The summed E-state index contributed by atoms with van der Waals surface area (Å²) in [6, 6.07) is 17.4. The maximum atomic E-state index is 14.7. The summed E-state index contributed by atoms with van der Waals surface area (Å²) < 4.78 is 22.6. The number of carbonyl (C=O) groups is 2. The summed E-state index contributed by atoms with van der Waals surface area (Å²) in [5.74, 6) is 1.46. The monoisotopic (exact) mass is 849 g/mol. The molecule has 3 aliphatic rings. The third-order valence-corrected chi connectivity index (χ3v) is 13.0. The van der Waals surface area contributed by atoms with Crippen molar-refractivity contribution >= 4 is 29.2 Å². The highest BCUT2D eigenvalue weighted by atomic mass is 32.2. The zero-order valence-electron chi connectivity index (χ0n) is 35.1. The van der Waals surface area contributed by atoms with Gasteiger partial charge in [0.1, 0.15) is 22.7 Å². The molecule has 0 radical (unpaired) electrons. The van der Waals surface area contributed by atoms with Gasteiger partial charge in [-0.1, -0.05) is 30.3 Å². The van der Waals surface area contributed by atoms with Gasteiger partial charge in [0.05, 0.1) is 19.0 Å². The Morgan fingerprint density at radius 2 is 1.56 bits per heavy atom. The molecule has 0 bridgehead atoms. The Bertz CT molecular complexity index is 2330. The Morgan fingerprint density at radius 1 is 0.836 bits per heavy atom. The number of amides is 2. The number of carbonyl (C=O) groups excluding carboxylic acids is 2. The molecular weight excluding hydrogens is 794 g/mol. The van der Waals surface area contributed by atoms with Crippen molar-refractivity contribution in [2.24, 2.45) is 0 Å². The van der Waals surface area contributed by atoms with E-state index in [1.54, 1.807) is 10.7 Å². The number of rotatable bonds is 13. The van der Waals surface area contributed by atoms with E-state index in [0.29, 0.717) is 42.6 Å². The molecule has 3 fully saturated rings. The molecule has 61 heavy (non-hydrogen) atoms. The molecule has 2 saturated heterocycles. The number of nitrogens with one attached hydrogen (secondary N) is 2. The van der Waals surface area contributed by atoms with Gasteiger partial charge in [0.25, 0.3) is 11.8 Å². The van der Waals surface area contributed by atoms with Crippen molar-refractivity contribution in [3.63, 3.8) is 0 Å². The molecule has 0 spiro atoms. The Kier molecular flexibility index (Phi) is 13.9. The topological polar surface area (TPSA) is 140 Å². The molecule has 0 atom stereocenters. The number of β-amino-alcohol motifs (C(OH)–C–C–N with tert-alkyl or cyclic N) is 1. The lowest BCUT2D eigenvalue weighted by molar-refractivity contribution is 0.0890. The molecule has 5 heterocycles. The molecule has 3 aromatic heterocycles. The molecule has 322 valence electrons. The van der Waals surface area contributed by atoms with Crippen LogP contribution >= 0.6 is 11.8 Å². The zero-order chi connectivity index (χ0) is 42.3. The fraction of sp³-hybridized carbons (Fsp3) is 0.457.